The average molecular weight is 460 g/mol. The predicted octanol–water partition coefficient (Wildman–Crippen LogP) is 5.91. The molecule has 0 N–H and O–H groups in total. The molecular formula is C27H26ClN3O2. The molecule has 1 aliphatic heterocycles. The van der Waals surface area contributed by atoms with Gasteiger partial charge in [-0.1, -0.05) is 41.4 Å². The van der Waals surface area contributed by atoms with Gasteiger partial charge in [-0.15, -0.1) is 0 Å². The van der Waals surface area contributed by atoms with Gasteiger partial charge in [0, 0.05) is 29.6 Å². The van der Waals surface area contributed by atoms with Crippen LogP contribution in [-0.2, 0) is 11.3 Å². The summed E-state index contributed by atoms with van der Waals surface area (Å²) in [6.45, 7) is 5.79. The third kappa shape index (κ3) is 4.33. The van der Waals surface area contributed by atoms with Crippen LogP contribution in [-0.4, -0.2) is 28.6 Å². The van der Waals surface area contributed by atoms with E-state index >= 15 is 0 Å². The zero-order chi connectivity index (χ0) is 22.9. The number of benzene rings is 3. The monoisotopic (exact) mass is 459 g/mol. The van der Waals surface area contributed by atoms with Crippen molar-refractivity contribution in [2.75, 3.05) is 18.1 Å². The average Bonchev–Trinajstić information content (AvgIpc) is 3.37. The quantitative estimate of drug-likeness (QED) is 0.360. The molecule has 0 spiro atoms. The Bertz CT molecular complexity index is 1310. The number of carbonyl (C=O) groups is 1. The summed E-state index contributed by atoms with van der Waals surface area (Å²) >= 11 is 6.13. The molecule has 5 nitrogen and oxygen atoms in total. The number of para-hydroxylation sites is 2. The maximum atomic E-state index is 12.9. The molecule has 1 aliphatic rings. The van der Waals surface area contributed by atoms with Crippen LogP contribution in [0.15, 0.2) is 66.7 Å². The Morgan fingerprint density at radius 3 is 2.64 bits per heavy atom. The van der Waals surface area contributed by atoms with Crippen LogP contribution < -0.4 is 9.64 Å². The minimum absolute atomic E-state index is 0.0315. The highest BCUT2D eigenvalue weighted by atomic mass is 35.5. The van der Waals surface area contributed by atoms with Gasteiger partial charge in [0.1, 0.15) is 18.2 Å². The number of fused-ring (bicyclic) bond motifs is 1. The van der Waals surface area contributed by atoms with Crippen molar-refractivity contribution in [3.05, 3.63) is 88.7 Å². The Kier molecular flexibility index (Phi) is 5.81. The third-order valence-electron chi connectivity index (χ3n) is 6.23. The van der Waals surface area contributed by atoms with Gasteiger partial charge in [0.15, 0.2) is 0 Å². The Morgan fingerprint density at radius 2 is 1.85 bits per heavy atom. The van der Waals surface area contributed by atoms with Crippen LogP contribution in [0.5, 0.6) is 5.75 Å². The number of imidazole rings is 1. The maximum absolute atomic E-state index is 12.9. The standard InChI is InChI=1S/C27H26ClN3O2/c1-18-7-9-21(10-8-18)31-17-20(16-26(31)32)27-29-24-5-3-4-6-25(24)30(27)13-14-33-22-11-12-23(28)19(2)15-22/h3-12,15,20H,13-14,16-17H2,1-2H3/t20-/m1/s1. The molecular weight excluding hydrogens is 434 g/mol. The zero-order valence-corrected chi connectivity index (χ0v) is 19.5. The minimum atomic E-state index is 0.0315. The summed E-state index contributed by atoms with van der Waals surface area (Å²) in [5.74, 6) is 1.90. The second-order valence-corrected chi connectivity index (χ2v) is 9.02. The lowest BCUT2D eigenvalue weighted by molar-refractivity contribution is -0.117. The zero-order valence-electron chi connectivity index (χ0n) is 18.8. The van der Waals surface area contributed by atoms with Crippen molar-refractivity contribution < 1.29 is 9.53 Å². The molecule has 6 heteroatoms. The number of carbonyl (C=O) groups excluding carboxylic acids is 1. The largest absolute Gasteiger partial charge is 0.492 e. The molecule has 0 aliphatic carbocycles. The fourth-order valence-corrected chi connectivity index (χ4v) is 4.57. The summed E-state index contributed by atoms with van der Waals surface area (Å²) in [6.07, 6.45) is 0.453. The van der Waals surface area contributed by atoms with E-state index in [2.05, 4.69) is 10.6 Å². The first-order valence-electron chi connectivity index (χ1n) is 11.2. The first-order valence-corrected chi connectivity index (χ1v) is 11.6. The number of hydrogen-bond acceptors (Lipinski definition) is 3. The van der Waals surface area contributed by atoms with E-state index < -0.39 is 0 Å². The molecule has 5 rings (SSSR count). The van der Waals surface area contributed by atoms with Crippen molar-refractivity contribution >= 4 is 34.2 Å². The third-order valence-corrected chi connectivity index (χ3v) is 6.66. The minimum Gasteiger partial charge on any atom is -0.492 e. The second-order valence-electron chi connectivity index (χ2n) is 8.61. The van der Waals surface area contributed by atoms with E-state index in [1.165, 1.54) is 5.56 Å². The van der Waals surface area contributed by atoms with Crippen LogP contribution in [0, 0.1) is 13.8 Å². The lowest BCUT2D eigenvalue weighted by Gasteiger charge is -2.18. The number of rotatable bonds is 6. The van der Waals surface area contributed by atoms with E-state index in [1.54, 1.807) is 0 Å². The highest BCUT2D eigenvalue weighted by Crippen LogP contribution is 2.33. The fourth-order valence-electron chi connectivity index (χ4n) is 4.46. The molecule has 1 fully saturated rings. The van der Waals surface area contributed by atoms with Crippen molar-refractivity contribution in [1.29, 1.82) is 0 Å². The first kappa shape index (κ1) is 21.5. The molecule has 2 heterocycles. The van der Waals surface area contributed by atoms with Crippen LogP contribution in [0.3, 0.4) is 0 Å². The Labute approximate surface area is 198 Å². The van der Waals surface area contributed by atoms with Crippen molar-refractivity contribution in [2.45, 2.75) is 32.7 Å². The van der Waals surface area contributed by atoms with Gasteiger partial charge in [-0.2, -0.15) is 0 Å². The Hall–Kier alpha value is -3.31. The molecule has 0 radical (unpaired) electrons. The molecule has 1 atom stereocenters. The molecule has 1 saturated heterocycles. The van der Waals surface area contributed by atoms with Crippen molar-refractivity contribution in [3.8, 4) is 5.75 Å². The van der Waals surface area contributed by atoms with Crippen LogP contribution in [0.4, 0.5) is 5.69 Å². The summed E-state index contributed by atoms with van der Waals surface area (Å²) in [7, 11) is 0. The Morgan fingerprint density at radius 1 is 1.06 bits per heavy atom. The molecule has 3 aromatic carbocycles. The number of ether oxygens (including phenoxy) is 1. The normalized spacial score (nSPS) is 16.0. The first-order chi connectivity index (χ1) is 16.0. The number of hydrogen-bond donors (Lipinski definition) is 0. The summed E-state index contributed by atoms with van der Waals surface area (Å²) in [5, 5.41) is 0.731. The van der Waals surface area contributed by atoms with Gasteiger partial charge < -0.3 is 14.2 Å². The second kappa shape index (κ2) is 8.91. The van der Waals surface area contributed by atoms with Gasteiger partial charge in [-0.3, -0.25) is 4.79 Å². The van der Waals surface area contributed by atoms with E-state index in [9.17, 15) is 4.79 Å². The number of aromatic nitrogens is 2. The lowest BCUT2D eigenvalue weighted by Crippen LogP contribution is -2.24. The number of amides is 1. The Balaban J connectivity index is 1.39. The van der Waals surface area contributed by atoms with Crippen LogP contribution in [0.25, 0.3) is 11.0 Å². The van der Waals surface area contributed by atoms with Crippen molar-refractivity contribution in [3.63, 3.8) is 0 Å². The topological polar surface area (TPSA) is 47.4 Å². The SMILES string of the molecule is Cc1ccc(N2C[C@H](c3nc4ccccc4n3CCOc3ccc(Cl)c(C)c3)CC2=O)cc1. The van der Waals surface area contributed by atoms with E-state index in [-0.39, 0.29) is 11.8 Å². The van der Waals surface area contributed by atoms with E-state index in [0.717, 1.165) is 38.9 Å². The van der Waals surface area contributed by atoms with Gasteiger partial charge in [0.05, 0.1) is 17.6 Å². The molecule has 0 unspecified atom stereocenters. The highest BCUT2D eigenvalue weighted by Gasteiger charge is 2.34. The van der Waals surface area contributed by atoms with Crippen molar-refractivity contribution in [2.24, 2.45) is 0 Å². The number of aryl methyl sites for hydroxylation is 2. The summed E-state index contributed by atoms with van der Waals surface area (Å²) in [5.41, 5.74) is 5.11. The van der Waals surface area contributed by atoms with Crippen LogP contribution in [0.2, 0.25) is 5.02 Å². The predicted molar refractivity (Wildman–Crippen MR) is 132 cm³/mol. The van der Waals surface area contributed by atoms with Gasteiger partial charge in [0.25, 0.3) is 0 Å². The molecule has 1 aromatic heterocycles. The van der Waals surface area contributed by atoms with Gasteiger partial charge >= 0.3 is 0 Å². The van der Waals surface area contributed by atoms with Gasteiger partial charge in [-0.05, 0) is 61.9 Å². The fraction of sp³-hybridized carbons (Fsp3) is 0.259. The molecule has 1 amide bonds. The van der Waals surface area contributed by atoms with E-state index in [1.807, 2.05) is 79.4 Å². The van der Waals surface area contributed by atoms with E-state index in [0.29, 0.717) is 26.1 Å². The molecule has 168 valence electrons. The summed E-state index contributed by atoms with van der Waals surface area (Å²) in [4.78, 5) is 19.7. The molecule has 0 bridgehead atoms. The summed E-state index contributed by atoms with van der Waals surface area (Å²) in [6, 6.07) is 21.9. The lowest BCUT2D eigenvalue weighted by atomic mass is 10.1. The van der Waals surface area contributed by atoms with E-state index in [4.69, 9.17) is 21.3 Å². The van der Waals surface area contributed by atoms with Crippen LogP contribution in [0.1, 0.15) is 29.3 Å². The molecule has 33 heavy (non-hydrogen) atoms. The summed E-state index contributed by atoms with van der Waals surface area (Å²) < 4.78 is 8.22. The highest BCUT2D eigenvalue weighted by molar-refractivity contribution is 6.31. The van der Waals surface area contributed by atoms with Gasteiger partial charge in [-0.25, -0.2) is 4.98 Å². The number of anilines is 1. The molecule has 0 saturated carbocycles. The smallest absolute Gasteiger partial charge is 0.227 e. The number of nitrogens with zero attached hydrogens (tertiary/aromatic N) is 3. The molecule has 4 aromatic rings. The van der Waals surface area contributed by atoms with Gasteiger partial charge in [0.2, 0.25) is 5.91 Å². The maximum Gasteiger partial charge on any atom is 0.227 e. The van der Waals surface area contributed by atoms with Crippen LogP contribution >= 0.6 is 11.6 Å². The number of halogens is 1. The van der Waals surface area contributed by atoms with Crippen molar-refractivity contribution in [1.82, 2.24) is 9.55 Å².